The van der Waals surface area contributed by atoms with Crippen LogP contribution in [0.25, 0.3) is 0 Å². The summed E-state index contributed by atoms with van der Waals surface area (Å²) in [5, 5.41) is 0. The second-order valence-electron chi connectivity index (χ2n) is 7.66. The van der Waals surface area contributed by atoms with Crippen molar-refractivity contribution in [3.63, 3.8) is 0 Å². The van der Waals surface area contributed by atoms with Crippen molar-refractivity contribution in [3.8, 4) is 0 Å². The van der Waals surface area contributed by atoms with Crippen LogP contribution in [0.15, 0.2) is 24.3 Å². The fourth-order valence-corrected chi connectivity index (χ4v) is 2.76. The first-order chi connectivity index (χ1) is 10.7. The average molecular weight is 316 g/mol. The van der Waals surface area contributed by atoms with Crippen LogP contribution in [0.3, 0.4) is 0 Å². The Labute approximate surface area is 139 Å². The molecule has 1 aliphatic rings. The number of hydrogen-bond donors (Lipinski definition) is 0. The van der Waals surface area contributed by atoms with E-state index in [0.29, 0.717) is 39.0 Å². The van der Waals surface area contributed by atoms with Crippen molar-refractivity contribution in [2.75, 3.05) is 26.2 Å². The van der Waals surface area contributed by atoms with Crippen LogP contribution in [0, 0.1) is 12.3 Å². The van der Waals surface area contributed by atoms with Gasteiger partial charge in [-0.1, -0.05) is 50.6 Å². The number of piperazine rings is 1. The van der Waals surface area contributed by atoms with Gasteiger partial charge >= 0.3 is 0 Å². The summed E-state index contributed by atoms with van der Waals surface area (Å²) in [6.07, 6.45) is 1.00. The van der Waals surface area contributed by atoms with E-state index in [4.69, 9.17) is 0 Å². The fraction of sp³-hybridized carbons (Fsp3) is 0.579. The van der Waals surface area contributed by atoms with Crippen molar-refractivity contribution in [2.45, 2.75) is 40.5 Å². The minimum Gasteiger partial charge on any atom is -0.339 e. The van der Waals surface area contributed by atoms with E-state index in [1.165, 1.54) is 5.56 Å². The van der Waals surface area contributed by atoms with Gasteiger partial charge in [0.05, 0.1) is 6.42 Å². The third-order valence-corrected chi connectivity index (χ3v) is 4.14. The molecule has 4 heteroatoms. The minimum atomic E-state index is 0.00940. The van der Waals surface area contributed by atoms with Crippen LogP contribution in [0.1, 0.15) is 38.3 Å². The number of nitrogens with zero attached hydrogens (tertiary/aromatic N) is 2. The minimum absolute atomic E-state index is 0.00940. The number of aryl methyl sites for hydroxylation is 1. The molecule has 4 nitrogen and oxygen atoms in total. The first-order valence-corrected chi connectivity index (χ1v) is 8.36. The normalized spacial score (nSPS) is 15.7. The van der Waals surface area contributed by atoms with E-state index in [9.17, 15) is 9.59 Å². The van der Waals surface area contributed by atoms with Crippen molar-refractivity contribution in [3.05, 3.63) is 35.4 Å². The number of benzene rings is 1. The highest BCUT2D eigenvalue weighted by atomic mass is 16.2. The van der Waals surface area contributed by atoms with E-state index in [1.807, 2.05) is 41.0 Å². The van der Waals surface area contributed by atoms with E-state index >= 15 is 0 Å². The Morgan fingerprint density at radius 3 is 1.87 bits per heavy atom. The summed E-state index contributed by atoms with van der Waals surface area (Å²) in [5.41, 5.74) is 2.26. The Morgan fingerprint density at radius 1 is 0.913 bits per heavy atom. The van der Waals surface area contributed by atoms with Gasteiger partial charge < -0.3 is 9.80 Å². The van der Waals surface area contributed by atoms with Crippen LogP contribution in [0.5, 0.6) is 0 Å². The molecule has 1 saturated heterocycles. The van der Waals surface area contributed by atoms with Crippen molar-refractivity contribution in [1.29, 1.82) is 0 Å². The van der Waals surface area contributed by atoms with E-state index < -0.39 is 0 Å². The quantitative estimate of drug-likeness (QED) is 0.860. The molecule has 0 bridgehead atoms. The maximum Gasteiger partial charge on any atom is 0.227 e. The Hall–Kier alpha value is -1.84. The first kappa shape index (κ1) is 17.5. The zero-order valence-electron chi connectivity index (χ0n) is 14.8. The second kappa shape index (κ2) is 7.16. The highest BCUT2D eigenvalue weighted by molar-refractivity contribution is 5.80. The lowest BCUT2D eigenvalue weighted by molar-refractivity contribution is -0.140. The summed E-state index contributed by atoms with van der Waals surface area (Å²) in [7, 11) is 0. The Kier molecular flexibility index (Phi) is 5.45. The average Bonchev–Trinajstić information content (AvgIpc) is 2.48. The van der Waals surface area contributed by atoms with Crippen LogP contribution in [0.4, 0.5) is 0 Å². The summed E-state index contributed by atoms with van der Waals surface area (Å²) in [6.45, 7) is 10.8. The molecule has 0 radical (unpaired) electrons. The molecule has 1 heterocycles. The van der Waals surface area contributed by atoms with Gasteiger partial charge in [-0.05, 0) is 17.9 Å². The first-order valence-electron chi connectivity index (χ1n) is 8.36. The van der Waals surface area contributed by atoms with Crippen LogP contribution in [-0.4, -0.2) is 47.8 Å². The van der Waals surface area contributed by atoms with Gasteiger partial charge in [0.25, 0.3) is 0 Å². The molecule has 0 aliphatic carbocycles. The molecule has 2 amide bonds. The zero-order valence-corrected chi connectivity index (χ0v) is 14.8. The topological polar surface area (TPSA) is 40.6 Å². The molecule has 2 rings (SSSR count). The predicted molar refractivity (Wildman–Crippen MR) is 92.1 cm³/mol. The summed E-state index contributed by atoms with van der Waals surface area (Å²) in [4.78, 5) is 28.4. The molecule has 1 fully saturated rings. The second-order valence-corrected chi connectivity index (χ2v) is 7.66. The summed E-state index contributed by atoms with van der Waals surface area (Å²) in [6, 6.07) is 8.09. The van der Waals surface area contributed by atoms with Gasteiger partial charge in [0.2, 0.25) is 11.8 Å². The lowest BCUT2D eigenvalue weighted by atomic mass is 9.91. The van der Waals surface area contributed by atoms with Gasteiger partial charge in [-0.15, -0.1) is 0 Å². The van der Waals surface area contributed by atoms with Crippen molar-refractivity contribution < 1.29 is 9.59 Å². The molecule has 0 unspecified atom stereocenters. The van der Waals surface area contributed by atoms with E-state index in [0.717, 1.165) is 5.56 Å². The molecule has 0 N–H and O–H groups in total. The third kappa shape index (κ3) is 5.38. The summed E-state index contributed by atoms with van der Waals surface area (Å²) < 4.78 is 0. The van der Waals surface area contributed by atoms with Gasteiger partial charge in [0, 0.05) is 32.6 Å². The molecule has 0 atom stereocenters. The maximum atomic E-state index is 12.4. The number of rotatable bonds is 3. The van der Waals surface area contributed by atoms with Crippen LogP contribution < -0.4 is 0 Å². The molecule has 23 heavy (non-hydrogen) atoms. The number of hydrogen-bond acceptors (Lipinski definition) is 2. The lowest BCUT2D eigenvalue weighted by Gasteiger charge is -2.36. The highest BCUT2D eigenvalue weighted by Gasteiger charge is 2.26. The fourth-order valence-electron chi connectivity index (χ4n) is 2.76. The van der Waals surface area contributed by atoms with Gasteiger partial charge in [-0.2, -0.15) is 0 Å². The summed E-state index contributed by atoms with van der Waals surface area (Å²) >= 11 is 0. The maximum absolute atomic E-state index is 12.4. The van der Waals surface area contributed by atoms with Gasteiger partial charge in [-0.3, -0.25) is 9.59 Å². The monoisotopic (exact) mass is 316 g/mol. The van der Waals surface area contributed by atoms with E-state index in [2.05, 4.69) is 20.8 Å². The van der Waals surface area contributed by atoms with Crippen molar-refractivity contribution in [1.82, 2.24) is 9.80 Å². The third-order valence-electron chi connectivity index (χ3n) is 4.14. The lowest BCUT2D eigenvalue weighted by Crippen LogP contribution is -2.51. The molecule has 0 saturated carbocycles. The molecule has 1 aromatic carbocycles. The van der Waals surface area contributed by atoms with Gasteiger partial charge in [0.15, 0.2) is 0 Å². The van der Waals surface area contributed by atoms with Crippen LogP contribution in [-0.2, 0) is 16.0 Å². The molecule has 1 aromatic rings. The summed E-state index contributed by atoms with van der Waals surface area (Å²) in [5.74, 6) is 0.347. The van der Waals surface area contributed by atoms with E-state index in [1.54, 1.807) is 0 Å². The molecular formula is C19H28N2O2. The van der Waals surface area contributed by atoms with Gasteiger partial charge in [-0.25, -0.2) is 0 Å². The smallest absolute Gasteiger partial charge is 0.227 e. The molecular weight excluding hydrogens is 288 g/mol. The molecule has 0 aromatic heterocycles. The standard InChI is InChI=1S/C19H28N2O2/c1-15-5-7-16(8-6-15)13-17(22)20-9-11-21(12-10-20)18(23)14-19(2,3)4/h5-8H,9-14H2,1-4H3. The van der Waals surface area contributed by atoms with Crippen LogP contribution >= 0.6 is 0 Å². The van der Waals surface area contributed by atoms with Crippen LogP contribution in [0.2, 0.25) is 0 Å². The number of carbonyl (C=O) groups is 2. The SMILES string of the molecule is Cc1ccc(CC(=O)N2CCN(C(=O)CC(C)(C)C)CC2)cc1. The van der Waals surface area contributed by atoms with Gasteiger partial charge in [0.1, 0.15) is 0 Å². The Bertz CT molecular complexity index is 550. The predicted octanol–water partition coefficient (Wildman–Crippen LogP) is 2.64. The number of amides is 2. The molecule has 0 spiro atoms. The largest absolute Gasteiger partial charge is 0.339 e. The Balaban J connectivity index is 1.83. The molecule has 126 valence electrons. The zero-order chi connectivity index (χ0) is 17.0. The van der Waals surface area contributed by atoms with E-state index in [-0.39, 0.29) is 17.2 Å². The van der Waals surface area contributed by atoms with Crippen molar-refractivity contribution >= 4 is 11.8 Å². The highest BCUT2D eigenvalue weighted by Crippen LogP contribution is 2.20. The molecule has 1 aliphatic heterocycles. The van der Waals surface area contributed by atoms with Crippen molar-refractivity contribution in [2.24, 2.45) is 5.41 Å². The Morgan fingerprint density at radius 2 is 1.39 bits per heavy atom. The number of carbonyl (C=O) groups excluding carboxylic acids is 2.